The van der Waals surface area contributed by atoms with Gasteiger partial charge < -0.3 is 0 Å². The first-order valence-electron chi connectivity index (χ1n) is 5.88. The Morgan fingerprint density at radius 2 is 1.94 bits per heavy atom. The summed E-state index contributed by atoms with van der Waals surface area (Å²) in [4.78, 5) is 8.78. The summed E-state index contributed by atoms with van der Waals surface area (Å²) in [6.45, 7) is 2.24. The van der Waals surface area contributed by atoms with E-state index >= 15 is 0 Å². The van der Waals surface area contributed by atoms with Crippen LogP contribution in [0.4, 0.5) is 5.69 Å². The van der Waals surface area contributed by atoms with Crippen molar-refractivity contribution in [2.75, 3.05) is 25.0 Å². The van der Waals surface area contributed by atoms with Crippen molar-refractivity contribution in [1.29, 1.82) is 0 Å². The molecule has 0 aromatic heterocycles. The number of aliphatic imine (C=N–C) groups is 1. The first-order chi connectivity index (χ1) is 8.27. The Labute approximate surface area is 110 Å². The maximum atomic E-state index is 4.47. The predicted molar refractivity (Wildman–Crippen MR) is 74.9 cm³/mol. The zero-order chi connectivity index (χ0) is 12.1. The SMILES string of the molecule is CN(C=NC(=[Se])N1CCCC1)c1ccccc1. The molecule has 1 aromatic carbocycles. The maximum absolute atomic E-state index is 4.47. The summed E-state index contributed by atoms with van der Waals surface area (Å²) in [5.74, 6) is 0. The topological polar surface area (TPSA) is 18.8 Å². The fraction of sp³-hybridized carbons (Fsp3) is 0.385. The van der Waals surface area contributed by atoms with Gasteiger partial charge >= 0.3 is 110 Å². The molecular weight excluding hydrogens is 277 g/mol. The normalized spacial score (nSPS) is 15.5. The van der Waals surface area contributed by atoms with Crippen LogP contribution in [-0.4, -0.2) is 51.6 Å². The van der Waals surface area contributed by atoms with Gasteiger partial charge in [-0.1, -0.05) is 0 Å². The molecule has 90 valence electrons. The Hall–Kier alpha value is -1.12. The van der Waals surface area contributed by atoms with Crippen LogP contribution in [0.3, 0.4) is 0 Å². The van der Waals surface area contributed by atoms with Gasteiger partial charge in [0, 0.05) is 0 Å². The molecule has 0 spiro atoms. The van der Waals surface area contributed by atoms with E-state index in [4.69, 9.17) is 0 Å². The van der Waals surface area contributed by atoms with Gasteiger partial charge in [-0.05, 0) is 0 Å². The minimum absolute atomic E-state index is 0.991. The first-order valence-corrected chi connectivity index (χ1v) is 6.74. The molecule has 0 aliphatic carbocycles. The number of hydrogen-bond acceptors (Lipinski definition) is 2. The van der Waals surface area contributed by atoms with Gasteiger partial charge in [-0.15, -0.1) is 0 Å². The van der Waals surface area contributed by atoms with E-state index in [2.05, 4.69) is 37.6 Å². The van der Waals surface area contributed by atoms with Crippen LogP contribution in [0.15, 0.2) is 35.3 Å². The van der Waals surface area contributed by atoms with Gasteiger partial charge in [0.1, 0.15) is 0 Å². The number of rotatable bonds is 4. The number of likely N-dealkylation sites (tertiary alicyclic amines) is 1. The molecule has 0 bridgehead atoms. The van der Waals surface area contributed by atoms with Crippen molar-refractivity contribution in [2.45, 2.75) is 12.8 Å². The van der Waals surface area contributed by atoms with Crippen LogP contribution in [0, 0.1) is 0 Å². The zero-order valence-electron chi connectivity index (χ0n) is 10.0. The zero-order valence-corrected chi connectivity index (χ0v) is 11.8. The summed E-state index contributed by atoms with van der Waals surface area (Å²) >= 11 is 3.04. The van der Waals surface area contributed by atoms with Crippen molar-refractivity contribution in [3.63, 3.8) is 0 Å². The molecule has 0 saturated carbocycles. The van der Waals surface area contributed by atoms with Crippen LogP contribution in [0.1, 0.15) is 12.8 Å². The van der Waals surface area contributed by atoms with Gasteiger partial charge in [-0.3, -0.25) is 0 Å². The fourth-order valence-electron chi connectivity index (χ4n) is 1.86. The molecule has 0 unspecified atom stereocenters. The van der Waals surface area contributed by atoms with Crippen LogP contribution >= 0.6 is 0 Å². The molecule has 17 heavy (non-hydrogen) atoms. The third kappa shape index (κ3) is 3.42. The third-order valence-electron chi connectivity index (χ3n) is 2.88. The average Bonchev–Trinajstić information content (AvgIpc) is 2.90. The summed E-state index contributed by atoms with van der Waals surface area (Å²) in [5, 5.41) is 0. The van der Waals surface area contributed by atoms with Gasteiger partial charge in [0.15, 0.2) is 0 Å². The van der Waals surface area contributed by atoms with Gasteiger partial charge in [0.25, 0.3) is 0 Å². The Morgan fingerprint density at radius 1 is 1.29 bits per heavy atom. The Bertz CT molecular complexity index is 396. The molecule has 0 radical (unpaired) electrons. The predicted octanol–water partition coefficient (Wildman–Crippen LogP) is 1.50. The monoisotopic (exact) mass is 295 g/mol. The number of nitrogens with zero attached hydrogens (tertiary/aromatic N) is 3. The minimum atomic E-state index is 0.991. The Kier molecular flexibility index (Phi) is 4.35. The second-order valence-corrected chi connectivity index (χ2v) is 4.93. The molecular formula is C13H17N3Se. The van der Waals surface area contributed by atoms with Crippen LogP contribution in [0.2, 0.25) is 0 Å². The van der Waals surface area contributed by atoms with Gasteiger partial charge in [-0.25, -0.2) is 0 Å². The van der Waals surface area contributed by atoms with Crippen molar-refractivity contribution in [2.24, 2.45) is 4.99 Å². The van der Waals surface area contributed by atoms with E-state index < -0.39 is 0 Å². The summed E-state index contributed by atoms with van der Waals surface area (Å²) in [6.07, 6.45) is 4.41. The number of hydrogen-bond donors (Lipinski definition) is 0. The molecule has 1 heterocycles. The number of anilines is 1. The second-order valence-electron chi connectivity index (χ2n) is 4.17. The van der Waals surface area contributed by atoms with Crippen LogP contribution in [-0.2, 0) is 0 Å². The van der Waals surface area contributed by atoms with Crippen molar-refractivity contribution < 1.29 is 0 Å². The summed E-state index contributed by atoms with van der Waals surface area (Å²) in [7, 11) is 2.01. The molecule has 1 fully saturated rings. The molecule has 4 heteroatoms. The molecule has 1 aliphatic rings. The van der Waals surface area contributed by atoms with Crippen molar-refractivity contribution in [1.82, 2.24) is 4.90 Å². The average molecular weight is 294 g/mol. The van der Waals surface area contributed by atoms with E-state index in [0.717, 1.165) is 23.4 Å². The summed E-state index contributed by atoms with van der Waals surface area (Å²) in [5.41, 5.74) is 1.14. The number of para-hydroxylation sites is 1. The summed E-state index contributed by atoms with van der Waals surface area (Å²) < 4.78 is 0.991. The first kappa shape index (κ1) is 12.3. The molecule has 1 aromatic rings. The molecule has 3 nitrogen and oxygen atoms in total. The molecule has 0 atom stereocenters. The molecule has 0 amide bonds. The van der Waals surface area contributed by atoms with Crippen molar-refractivity contribution >= 4 is 32.3 Å². The van der Waals surface area contributed by atoms with Crippen LogP contribution < -0.4 is 4.90 Å². The molecule has 1 saturated heterocycles. The van der Waals surface area contributed by atoms with E-state index in [1.165, 1.54) is 12.8 Å². The van der Waals surface area contributed by atoms with E-state index in [0.29, 0.717) is 0 Å². The van der Waals surface area contributed by atoms with Crippen molar-refractivity contribution in [3.8, 4) is 0 Å². The van der Waals surface area contributed by atoms with E-state index in [9.17, 15) is 0 Å². The quantitative estimate of drug-likeness (QED) is 0.476. The van der Waals surface area contributed by atoms with Crippen LogP contribution in [0.5, 0.6) is 0 Å². The molecule has 1 aliphatic heterocycles. The fourth-order valence-corrected chi connectivity index (χ4v) is 2.34. The van der Waals surface area contributed by atoms with Gasteiger partial charge in [0.05, 0.1) is 0 Å². The van der Waals surface area contributed by atoms with E-state index in [-0.39, 0.29) is 0 Å². The second kappa shape index (κ2) is 5.99. The van der Waals surface area contributed by atoms with Gasteiger partial charge in [-0.2, -0.15) is 0 Å². The van der Waals surface area contributed by atoms with Crippen molar-refractivity contribution in [3.05, 3.63) is 30.3 Å². The van der Waals surface area contributed by atoms with Crippen LogP contribution in [0.25, 0.3) is 0 Å². The Balaban J connectivity index is 1.93. The molecule has 0 N–H and O–H groups in total. The third-order valence-corrected chi connectivity index (χ3v) is 3.64. The standard InChI is InChI=1S/C13H17N3Se/c1-15(12-7-3-2-4-8-12)11-14-13(17)16-9-5-6-10-16/h2-4,7-8,11H,5-6,9-10H2,1H3. The molecule has 2 rings (SSSR count). The Morgan fingerprint density at radius 3 is 2.59 bits per heavy atom. The van der Waals surface area contributed by atoms with E-state index in [1.54, 1.807) is 0 Å². The summed E-state index contributed by atoms with van der Waals surface area (Å²) in [6, 6.07) is 10.2. The van der Waals surface area contributed by atoms with E-state index in [1.807, 2.05) is 36.5 Å². The van der Waals surface area contributed by atoms with Gasteiger partial charge in [0.2, 0.25) is 0 Å². The number of benzene rings is 1.